The molecule has 0 radical (unpaired) electrons. The van der Waals surface area contributed by atoms with Gasteiger partial charge in [0, 0.05) is 24.5 Å². The van der Waals surface area contributed by atoms with Gasteiger partial charge in [-0.2, -0.15) is 4.57 Å². The smallest absolute Gasteiger partial charge is 0.192 e. The van der Waals surface area contributed by atoms with Crippen LogP contribution in [-0.2, 0) is 21.8 Å². The summed E-state index contributed by atoms with van der Waals surface area (Å²) in [6.07, 6.45) is 16.0. The van der Waals surface area contributed by atoms with E-state index in [4.69, 9.17) is 0 Å². The molecule has 1 aromatic carbocycles. The van der Waals surface area contributed by atoms with Crippen LogP contribution in [0.4, 0.5) is 0 Å². The molecule has 3 unspecified atom stereocenters. The molecule has 0 N–H and O–H groups in total. The third-order valence-electron chi connectivity index (χ3n) is 12.6. The molecule has 3 atom stereocenters. The molecule has 1 aliphatic heterocycles. The van der Waals surface area contributed by atoms with E-state index in [1.807, 2.05) is 0 Å². The number of rotatable bonds is 3. The summed E-state index contributed by atoms with van der Waals surface area (Å²) < 4.78 is 2.83. The first-order valence-corrected chi connectivity index (χ1v) is 14.5. The van der Waals surface area contributed by atoms with Crippen LogP contribution in [0.1, 0.15) is 145 Å². The topological polar surface area (TPSA) is 3.88 Å². The van der Waals surface area contributed by atoms with E-state index in [9.17, 15) is 0 Å². The largest absolute Gasteiger partial charge is 0.213 e. The Balaban J connectivity index is 1.58. The molecular formula is C33H44N+. The third-order valence-corrected chi connectivity index (χ3v) is 12.6. The number of fused-ring (bicyclic) bond motifs is 10. The molecule has 2 heterocycles. The van der Waals surface area contributed by atoms with E-state index < -0.39 is 0 Å². The number of aromatic nitrogens is 1. The van der Waals surface area contributed by atoms with E-state index in [1.165, 1.54) is 69.9 Å². The average molecular weight is 455 g/mol. The highest BCUT2D eigenvalue weighted by molar-refractivity contribution is 5.71. The minimum atomic E-state index is 0.147. The summed E-state index contributed by atoms with van der Waals surface area (Å²) in [5.41, 5.74) is 12.6. The quantitative estimate of drug-likeness (QED) is 0.411. The maximum Gasteiger partial charge on any atom is 0.213 e. The highest BCUT2D eigenvalue weighted by Gasteiger charge is 2.60. The van der Waals surface area contributed by atoms with Crippen molar-refractivity contribution >= 4 is 0 Å². The number of pyridine rings is 1. The summed E-state index contributed by atoms with van der Waals surface area (Å²) in [5, 5.41) is 0. The highest BCUT2D eigenvalue weighted by Crippen LogP contribution is 2.61. The Morgan fingerprint density at radius 2 is 1.32 bits per heavy atom. The van der Waals surface area contributed by atoms with Crippen molar-refractivity contribution in [3.63, 3.8) is 0 Å². The predicted molar refractivity (Wildman–Crippen MR) is 141 cm³/mol. The van der Waals surface area contributed by atoms with Gasteiger partial charge in [0.1, 0.15) is 0 Å². The fourth-order valence-electron chi connectivity index (χ4n) is 9.95. The van der Waals surface area contributed by atoms with Crippen molar-refractivity contribution in [2.45, 2.75) is 139 Å². The molecule has 2 aromatic rings. The second-order valence-electron chi connectivity index (χ2n) is 13.6. The van der Waals surface area contributed by atoms with Crippen molar-refractivity contribution < 1.29 is 4.57 Å². The lowest BCUT2D eigenvalue weighted by Gasteiger charge is -2.54. The lowest BCUT2D eigenvalue weighted by atomic mass is 9.50. The normalized spacial score (nSPS) is 37.8. The maximum atomic E-state index is 2.83. The Bertz CT molecular complexity index is 1210. The monoisotopic (exact) mass is 454 g/mol. The van der Waals surface area contributed by atoms with Crippen molar-refractivity contribution in [1.82, 2.24) is 0 Å². The summed E-state index contributed by atoms with van der Waals surface area (Å²) >= 11 is 0. The van der Waals surface area contributed by atoms with Crippen molar-refractivity contribution in [2.75, 3.05) is 0 Å². The first-order chi connectivity index (χ1) is 16.2. The van der Waals surface area contributed by atoms with Crippen LogP contribution in [0.5, 0.6) is 0 Å². The number of hydrogen-bond acceptors (Lipinski definition) is 0. The zero-order chi connectivity index (χ0) is 23.7. The van der Waals surface area contributed by atoms with E-state index in [0.29, 0.717) is 10.8 Å². The Kier molecular flexibility index (Phi) is 4.18. The standard InChI is InChI=1S/C33H44N/c1-7-32(6)26-19-28-27(30(4)12-14-31(28,5)15-13-30)17-24(26)29-18-23-21-10-11-22(16-21)25(23)20-34(29)33(32,8-2)9-3/h17-22H,7-16H2,1-6H3/q+1. The molecule has 8 rings (SSSR count). The van der Waals surface area contributed by atoms with Gasteiger partial charge in [-0.25, -0.2) is 0 Å². The summed E-state index contributed by atoms with van der Waals surface area (Å²) in [4.78, 5) is 0. The Hall–Kier alpha value is -1.63. The number of benzene rings is 1. The lowest BCUT2D eigenvalue weighted by molar-refractivity contribution is -0.770. The van der Waals surface area contributed by atoms with Gasteiger partial charge in [-0.3, -0.25) is 0 Å². The van der Waals surface area contributed by atoms with Crippen LogP contribution in [0.3, 0.4) is 0 Å². The van der Waals surface area contributed by atoms with Gasteiger partial charge in [-0.05, 0) is 109 Å². The second kappa shape index (κ2) is 6.57. The van der Waals surface area contributed by atoms with Crippen LogP contribution >= 0.6 is 0 Å². The van der Waals surface area contributed by atoms with E-state index in [-0.39, 0.29) is 11.0 Å². The van der Waals surface area contributed by atoms with E-state index >= 15 is 0 Å². The minimum absolute atomic E-state index is 0.147. The molecule has 2 fully saturated rings. The Morgan fingerprint density at radius 3 is 1.91 bits per heavy atom. The molecule has 34 heavy (non-hydrogen) atoms. The Morgan fingerprint density at radius 1 is 0.735 bits per heavy atom. The molecule has 0 saturated heterocycles. The first kappa shape index (κ1) is 21.6. The molecule has 1 nitrogen and oxygen atoms in total. The SMILES string of the molecule is CCC1(C)c2cc3c(cc2-c2cc4c(c[n+]2C1(CC)CC)C1CCC4C1)C1(C)CCC3(C)CC1. The van der Waals surface area contributed by atoms with E-state index in [2.05, 4.69) is 70.5 Å². The second-order valence-corrected chi connectivity index (χ2v) is 13.6. The minimum Gasteiger partial charge on any atom is -0.192 e. The predicted octanol–water partition coefficient (Wildman–Crippen LogP) is 8.31. The fourth-order valence-corrected chi connectivity index (χ4v) is 9.95. The summed E-state index contributed by atoms with van der Waals surface area (Å²) in [5.74, 6) is 1.63. The van der Waals surface area contributed by atoms with Crippen molar-refractivity contribution in [3.8, 4) is 11.3 Å². The van der Waals surface area contributed by atoms with Gasteiger partial charge in [0.25, 0.3) is 0 Å². The van der Waals surface area contributed by atoms with Crippen LogP contribution in [-0.4, -0.2) is 0 Å². The van der Waals surface area contributed by atoms with Crippen LogP contribution < -0.4 is 4.57 Å². The van der Waals surface area contributed by atoms with Gasteiger partial charge in [-0.1, -0.05) is 40.7 Å². The van der Waals surface area contributed by atoms with Crippen molar-refractivity contribution in [1.29, 1.82) is 0 Å². The van der Waals surface area contributed by atoms with E-state index in [1.54, 1.807) is 33.4 Å². The van der Waals surface area contributed by atoms with Crippen molar-refractivity contribution in [2.24, 2.45) is 0 Å². The zero-order valence-electron chi connectivity index (χ0n) is 22.5. The molecule has 0 amide bonds. The van der Waals surface area contributed by atoms with Gasteiger partial charge in [0.15, 0.2) is 11.7 Å². The van der Waals surface area contributed by atoms with Gasteiger partial charge in [0.2, 0.25) is 5.69 Å². The summed E-state index contributed by atoms with van der Waals surface area (Å²) in [6, 6.07) is 8.16. The third kappa shape index (κ3) is 2.27. The van der Waals surface area contributed by atoms with Gasteiger partial charge < -0.3 is 0 Å². The van der Waals surface area contributed by atoms with E-state index in [0.717, 1.165) is 11.8 Å². The van der Waals surface area contributed by atoms with Gasteiger partial charge in [0.05, 0.1) is 11.0 Å². The molecule has 0 spiro atoms. The lowest BCUT2D eigenvalue weighted by Crippen LogP contribution is -2.69. The average Bonchev–Trinajstić information content (AvgIpc) is 3.47. The Labute approximate surface area is 207 Å². The zero-order valence-corrected chi connectivity index (χ0v) is 22.5. The maximum absolute atomic E-state index is 2.83. The fraction of sp³-hybridized carbons (Fsp3) is 0.667. The summed E-state index contributed by atoms with van der Waals surface area (Å²) in [7, 11) is 0. The van der Waals surface area contributed by atoms with Crippen LogP contribution in [0, 0.1) is 0 Å². The molecule has 1 heteroatoms. The first-order valence-electron chi connectivity index (χ1n) is 14.5. The molecule has 4 bridgehead atoms. The van der Waals surface area contributed by atoms with Gasteiger partial charge in [-0.15, -0.1) is 0 Å². The molecular weight excluding hydrogens is 410 g/mol. The molecule has 6 aliphatic rings. The highest BCUT2D eigenvalue weighted by atomic mass is 15.1. The van der Waals surface area contributed by atoms with Crippen LogP contribution in [0.15, 0.2) is 24.4 Å². The number of hydrogen-bond donors (Lipinski definition) is 0. The molecule has 1 aromatic heterocycles. The van der Waals surface area contributed by atoms with Crippen molar-refractivity contribution in [3.05, 3.63) is 52.2 Å². The number of nitrogens with zero attached hydrogens (tertiary/aromatic N) is 1. The van der Waals surface area contributed by atoms with Crippen LogP contribution in [0.25, 0.3) is 11.3 Å². The van der Waals surface area contributed by atoms with Gasteiger partial charge >= 0.3 is 0 Å². The summed E-state index contributed by atoms with van der Waals surface area (Å²) in [6.45, 7) is 15.1. The molecule has 2 saturated carbocycles. The molecule has 180 valence electrons. The van der Waals surface area contributed by atoms with Crippen LogP contribution in [0.2, 0.25) is 0 Å². The molecule has 5 aliphatic carbocycles.